The molecule has 0 aliphatic carbocycles. The number of hydrogen-bond acceptors (Lipinski definition) is 2. The second kappa shape index (κ2) is 12.9. The van der Waals surface area contributed by atoms with Gasteiger partial charge in [-0.05, 0) is 31.8 Å². The van der Waals surface area contributed by atoms with Crippen LogP contribution in [0.3, 0.4) is 0 Å². The Morgan fingerprint density at radius 1 is 0.750 bits per heavy atom. The van der Waals surface area contributed by atoms with Crippen LogP contribution in [0.25, 0.3) is 22.5 Å². The van der Waals surface area contributed by atoms with Crippen molar-refractivity contribution in [2.45, 2.75) is 59.0 Å². The zero-order chi connectivity index (χ0) is 31.7. The van der Waals surface area contributed by atoms with Gasteiger partial charge in [0, 0.05) is 38.0 Å². The van der Waals surface area contributed by atoms with Gasteiger partial charge in [-0.2, -0.15) is 0 Å². The molecule has 0 saturated carbocycles. The zero-order valence-corrected chi connectivity index (χ0v) is 26.7. The molecule has 0 saturated heterocycles. The molecule has 0 spiro atoms. The van der Waals surface area contributed by atoms with Gasteiger partial charge in [0.15, 0.2) is 0 Å². The van der Waals surface area contributed by atoms with E-state index < -0.39 is 16.1 Å². The Hall–Kier alpha value is -2.18. The first-order chi connectivity index (χ1) is 19.3. The minimum atomic E-state index is -1.53. The maximum Gasteiger partial charge on any atom is 0.0799 e. The standard InChI is InChI=1S/C17H22NSi.C14H16NSi.Ir/c1-13(2)15-11-16(14-9-7-6-8-10-14)18-12-17(15)19(3,4)5;1-16(2,3)13-9-10-14(15-11-13)12-7-5-4-6-8-12;/h6-9,11-13H,1-5H3;4-7,9-11H,1-3H3;/q2*-1;/i6D,7D,8D,9D;4D,5D,6D;. The molecule has 5 heteroatoms. The minimum Gasteiger partial charge on any atom is -0.305 e. The van der Waals surface area contributed by atoms with E-state index in [0.717, 1.165) is 0 Å². The molecule has 36 heavy (non-hydrogen) atoms. The van der Waals surface area contributed by atoms with Crippen LogP contribution < -0.4 is 10.4 Å². The zero-order valence-electron chi connectivity index (χ0n) is 29.3. The summed E-state index contributed by atoms with van der Waals surface area (Å²) >= 11 is 0. The van der Waals surface area contributed by atoms with Gasteiger partial charge in [-0.15, -0.1) is 71.6 Å². The summed E-state index contributed by atoms with van der Waals surface area (Å²) in [6.45, 7) is 17.9. The van der Waals surface area contributed by atoms with E-state index in [-0.39, 0.29) is 62.4 Å². The van der Waals surface area contributed by atoms with Gasteiger partial charge in [-0.25, -0.2) is 0 Å². The number of hydrogen-bond donors (Lipinski definition) is 0. The first-order valence-corrected chi connectivity index (χ1v) is 18.8. The summed E-state index contributed by atoms with van der Waals surface area (Å²) in [4.78, 5) is 8.89. The summed E-state index contributed by atoms with van der Waals surface area (Å²) < 4.78 is 54.0. The van der Waals surface area contributed by atoms with Crippen molar-refractivity contribution >= 4 is 26.5 Å². The fourth-order valence-electron chi connectivity index (χ4n) is 3.50. The Labute approximate surface area is 243 Å². The van der Waals surface area contributed by atoms with Crippen molar-refractivity contribution in [3.63, 3.8) is 0 Å². The molecule has 0 N–H and O–H groups in total. The number of nitrogens with zero attached hydrogens (tertiary/aromatic N) is 2. The molecule has 2 aromatic carbocycles. The minimum absolute atomic E-state index is 0. The molecule has 0 unspecified atom stereocenters. The molecule has 0 bridgehead atoms. The van der Waals surface area contributed by atoms with Crippen molar-refractivity contribution in [1.82, 2.24) is 9.97 Å². The molecule has 0 fully saturated rings. The fraction of sp³-hybridized carbons (Fsp3) is 0.290. The predicted octanol–water partition coefficient (Wildman–Crippen LogP) is 7.31. The normalized spacial score (nSPS) is 14.1. The third-order valence-corrected chi connectivity index (χ3v) is 9.64. The second-order valence-electron chi connectivity index (χ2n) is 10.8. The average Bonchev–Trinajstić information content (AvgIpc) is 2.91. The molecule has 0 aliphatic rings. The number of aromatic nitrogens is 2. The summed E-state index contributed by atoms with van der Waals surface area (Å²) in [6.07, 6.45) is 3.75. The summed E-state index contributed by atoms with van der Waals surface area (Å²) in [6, 6.07) is 12.1. The third-order valence-electron chi connectivity index (χ3n) is 5.58. The van der Waals surface area contributed by atoms with Crippen LogP contribution in [-0.2, 0) is 20.1 Å². The maximum atomic E-state index is 8.07. The van der Waals surface area contributed by atoms with Gasteiger partial charge < -0.3 is 9.97 Å². The summed E-state index contributed by atoms with van der Waals surface area (Å²) in [5, 5.41) is 2.56. The third kappa shape index (κ3) is 8.17. The maximum absolute atomic E-state index is 8.07. The first kappa shape index (κ1) is 20.8. The first-order valence-electron chi connectivity index (χ1n) is 15.3. The van der Waals surface area contributed by atoms with Crippen LogP contribution in [0, 0.1) is 12.1 Å². The number of benzene rings is 2. The van der Waals surface area contributed by atoms with Gasteiger partial charge in [-0.1, -0.05) is 76.9 Å². The molecule has 2 nitrogen and oxygen atoms in total. The Kier molecular flexibility index (Phi) is 7.45. The number of pyridine rings is 2. The van der Waals surface area contributed by atoms with Crippen molar-refractivity contribution in [3.05, 3.63) is 96.7 Å². The van der Waals surface area contributed by atoms with Gasteiger partial charge in [-0.3, -0.25) is 0 Å². The molecule has 0 atom stereocenters. The topological polar surface area (TPSA) is 25.8 Å². The van der Waals surface area contributed by atoms with Crippen LogP contribution in [0.2, 0.25) is 39.3 Å². The van der Waals surface area contributed by atoms with Crippen molar-refractivity contribution in [2.24, 2.45) is 0 Å². The monoisotopic (exact) mass is 694 g/mol. The molecule has 1 radical (unpaired) electrons. The van der Waals surface area contributed by atoms with Crippen LogP contribution in [0.5, 0.6) is 0 Å². The van der Waals surface area contributed by atoms with Crippen molar-refractivity contribution in [3.8, 4) is 22.5 Å². The molecular weight excluding hydrogens is 649 g/mol. The van der Waals surface area contributed by atoms with E-state index in [1.165, 1.54) is 22.0 Å². The molecule has 0 aliphatic heterocycles. The van der Waals surface area contributed by atoms with E-state index in [1.54, 1.807) is 0 Å². The van der Waals surface area contributed by atoms with Crippen LogP contribution in [-0.4, -0.2) is 26.1 Å². The van der Waals surface area contributed by atoms with E-state index in [0.29, 0.717) is 28.4 Å². The Balaban J connectivity index is 0.000000298. The largest absolute Gasteiger partial charge is 0.305 e. The second-order valence-corrected chi connectivity index (χ2v) is 20.9. The molecular formula is C31H38IrN2Si2-2. The predicted molar refractivity (Wildman–Crippen MR) is 157 cm³/mol. The molecule has 191 valence electrons. The van der Waals surface area contributed by atoms with Gasteiger partial charge in [0.1, 0.15) is 0 Å². The van der Waals surface area contributed by atoms with E-state index in [2.05, 4.69) is 81.3 Å². The van der Waals surface area contributed by atoms with Crippen LogP contribution >= 0.6 is 0 Å². The Morgan fingerprint density at radius 3 is 1.94 bits per heavy atom. The van der Waals surface area contributed by atoms with Gasteiger partial charge in [0.25, 0.3) is 0 Å². The van der Waals surface area contributed by atoms with Crippen LogP contribution in [0.1, 0.15) is 34.9 Å². The van der Waals surface area contributed by atoms with Gasteiger partial charge >= 0.3 is 0 Å². The SMILES string of the molecule is [2H]c1[c-]c(-c2cc(C(C)C)c([Si](C)(C)C)cn2)c([2H])c([2H])c1[2H].[2H]c1[c-]c(-c2ccc([Si](C)(C)C)cn2)cc([2H])c1[2H].[Ir]. The van der Waals surface area contributed by atoms with E-state index in [4.69, 9.17) is 9.60 Å². The molecule has 4 rings (SSSR count). The van der Waals surface area contributed by atoms with Crippen molar-refractivity contribution < 1.29 is 29.7 Å². The summed E-state index contributed by atoms with van der Waals surface area (Å²) in [5.74, 6) is 0.328. The van der Waals surface area contributed by atoms with Crippen LogP contribution in [0.15, 0.2) is 79.0 Å². The summed E-state index contributed by atoms with van der Waals surface area (Å²) in [7, 11) is -2.90. The van der Waals surface area contributed by atoms with Crippen molar-refractivity contribution in [2.75, 3.05) is 0 Å². The van der Waals surface area contributed by atoms with Gasteiger partial charge in [0.05, 0.1) is 16.1 Å². The Morgan fingerprint density at radius 2 is 1.39 bits per heavy atom. The van der Waals surface area contributed by atoms with E-state index in [9.17, 15) is 0 Å². The number of rotatable bonds is 5. The van der Waals surface area contributed by atoms with E-state index >= 15 is 0 Å². The molecule has 2 aromatic heterocycles. The smallest absolute Gasteiger partial charge is 0.0799 e. The van der Waals surface area contributed by atoms with Crippen LogP contribution in [0.4, 0.5) is 0 Å². The van der Waals surface area contributed by atoms with E-state index in [1.807, 2.05) is 24.5 Å². The fourth-order valence-corrected chi connectivity index (χ4v) is 6.22. The van der Waals surface area contributed by atoms with Gasteiger partial charge in [0.2, 0.25) is 0 Å². The molecule has 0 amide bonds. The quantitative estimate of drug-likeness (QED) is 0.162. The summed E-state index contributed by atoms with van der Waals surface area (Å²) in [5.41, 5.74) is 3.40. The average molecular weight is 694 g/mol. The Bertz CT molecular complexity index is 1580. The van der Waals surface area contributed by atoms with Crippen molar-refractivity contribution in [1.29, 1.82) is 0 Å². The molecule has 2 heterocycles. The molecule has 4 aromatic rings.